The number of morpholine rings is 1. The Morgan fingerprint density at radius 2 is 2.00 bits per heavy atom. The fourth-order valence-corrected chi connectivity index (χ4v) is 5.05. The van der Waals surface area contributed by atoms with Crippen LogP contribution in [0.2, 0.25) is 0 Å². The zero-order chi connectivity index (χ0) is 25.1. The predicted octanol–water partition coefficient (Wildman–Crippen LogP) is 4.19. The molecule has 0 aromatic carbocycles. The van der Waals surface area contributed by atoms with E-state index in [9.17, 15) is 22.4 Å². The summed E-state index contributed by atoms with van der Waals surface area (Å²) in [6.07, 6.45) is -4.06. The third-order valence-electron chi connectivity index (χ3n) is 6.82. The van der Waals surface area contributed by atoms with Gasteiger partial charge in [0.1, 0.15) is 17.7 Å². The average molecular weight is 492 g/mol. The SMILES string of the molecule is C[C@@H]1OCc2c1c(N)nc1cnc(C(=O)N3[C@H](C)COC[C@@H]3C3=CC=C(C(F)(F)F)CC3F)cc21. The van der Waals surface area contributed by atoms with E-state index in [1.165, 1.54) is 11.1 Å². The third kappa shape index (κ3) is 4.06. The van der Waals surface area contributed by atoms with E-state index in [1.54, 1.807) is 13.0 Å². The normalized spacial score (nSPS) is 27.0. The maximum Gasteiger partial charge on any atom is 0.412 e. The summed E-state index contributed by atoms with van der Waals surface area (Å²) in [7, 11) is 0. The average Bonchev–Trinajstić information content (AvgIpc) is 3.20. The number of nitrogen functional groups attached to an aromatic ring is 1. The summed E-state index contributed by atoms with van der Waals surface area (Å²) in [5, 5.41) is 0.687. The second-order valence-electron chi connectivity index (χ2n) is 9.07. The van der Waals surface area contributed by atoms with Gasteiger partial charge in [0, 0.05) is 22.9 Å². The number of hydrogen-bond donors (Lipinski definition) is 1. The molecule has 1 aliphatic carbocycles. The minimum absolute atomic E-state index is 0.0239. The molecule has 1 unspecified atom stereocenters. The minimum Gasteiger partial charge on any atom is -0.383 e. The van der Waals surface area contributed by atoms with Gasteiger partial charge in [0.15, 0.2) is 0 Å². The molecule has 2 aromatic heterocycles. The van der Waals surface area contributed by atoms with Gasteiger partial charge in [-0.05, 0) is 31.1 Å². The lowest BCUT2D eigenvalue weighted by Crippen LogP contribution is -2.55. The number of amides is 1. The first-order chi connectivity index (χ1) is 16.6. The number of ether oxygens (including phenoxy) is 2. The van der Waals surface area contributed by atoms with Crippen molar-refractivity contribution in [1.29, 1.82) is 0 Å². The van der Waals surface area contributed by atoms with Gasteiger partial charge in [0.2, 0.25) is 0 Å². The highest BCUT2D eigenvalue weighted by Gasteiger charge is 2.42. The number of carbonyl (C=O) groups excluding carboxylic acids is 1. The van der Waals surface area contributed by atoms with E-state index in [2.05, 4.69) is 9.97 Å². The van der Waals surface area contributed by atoms with Crippen LogP contribution in [0.3, 0.4) is 0 Å². The van der Waals surface area contributed by atoms with Gasteiger partial charge in [0.25, 0.3) is 5.91 Å². The molecule has 7 nitrogen and oxygen atoms in total. The lowest BCUT2D eigenvalue weighted by Gasteiger charge is -2.42. The summed E-state index contributed by atoms with van der Waals surface area (Å²) in [5.41, 5.74) is 7.48. The molecule has 4 atom stereocenters. The maximum atomic E-state index is 15.0. The van der Waals surface area contributed by atoms with Gasteiger partial charge in [-0.2, -0.15) is 13.2 Å². The number of fused-ring (bicyclic) bond motifs is 3. The molecule has 5 rings (SSSR count). The Labute approximate surface area is 198 Å². The van der Waals surface area contributed by atoms with Crippen LogP contribution in [-0.4, -0.2) is 58.4 Å². The highest BCUT2D eigenvalue weighted by Crippen LogP contribution is 2.39. The Morgan fingerprint density at radius 3 is 2.71 bits per heavy atom. The van der Waals surface area contributed by atoms with Crippen molar-refractivity contribution < 1.29 is 31.8 Å². The summed E-state index contributed by atoms with van der Waals surface area (Å²) in [5.74, 6) is -0.117. The number of carbonyl (C=O) groups is 1. The number of hydrogen-bond acceptors (Lipinski definition) is 6. The lowest BCUT2D eigenvalue weighted by molar-refractivity contribution is -0.0960. The molecular formula is C24H24F4N4O3. The van der Waals surface area contributed by atoms with Crippen molar-refractivity contribution in [3.63, 3.8) is 0 Å². The molecule has 3 aliphatic rings. The number of anilines is 1. The van der Waals surface area contributed by atoms with Gasteiger partial charge >= 0.3 is 6.18 Å². The molecule has 4 heterocycles. The van der Waals surface area contributed by atoms with Crippen molar-refractivity contribution in [2.75, 3.05) is 18.9 Å². The van der Waals surface area contributed by atoms with E-state index in [-0.39, 0.29) is 30.6 Å². The van der Waals surface area contributed by atoms with E-state index in [1.807, 2.05) is 6.92 Å². The standard InChI is InChI=1S/C24H24F4N4O3/c1-11-8-34-10-20(14-4-3-13(5-17(14)25)24(26,27)28)32(11)23(33)18-6-15-16-9-35-12(2)21(16)22(29)31-19(15)7-30-18/h3-4,6-7,11-12,17,20H,5,8-10H2,1-2H3,(H2,29,31)/t11-,12+,17?,20-/m1/s1. The van der Waals surface area contributed by atoms with Crippen LogP contribution in [0.25, 0.3) is 10.9 Å². The first-order valence-corrected chi connectivity index (χ1v) is 11.3. The van der Waals surface area contributed by atoms with Crippen LogP contribution in [0.5, 0.6) is 0 Å². The van der Waals surface area contributed by atoms with Crippen LogP contribution in [0.15, 0.2) is 35.6 Å². The summed E-state index contributed by atoms with van der Waals surface area (Å²) < 4.78 is 65.4. The summed E-state index contributed by atoms with van der Waals surface area (Å²) in [4.78, 5) is 23.8. The molecule has 1 amide bonds. The van der Waals surface area contributed by atoms with E-state index in [0.717, 1.165) is 23.3 Å². The second kappa shape index (κ2) is 8.56. The monoisotopic (exact) mass is 492 g/mol. The Hall–Kier alpha value is -3.05. The molecule has 35 heavy (non-hydrogen) atoms. The first-order valence-electron chi connectivity index (χ1n) is 11.3. The van der Waals surface area contributed by atoms with Crippen LogP contribution < -0.4 is 5.73 Å². The van der Waals surface area contributed by atoms with Gasteiger partial charge < -0.3 is 20.1 Å². The molecule has 0 spiro atoms. The number of pyridine rings is 2. The maximum absolute atomic E-state index is 15.0. The van der Waals surface area contributed by atoms with Gasteiger partial charge in [-0.3, -0.25) is 4.79 Å². The molecule has 1 fully saturated rings. The number of nitrogens with zero attached hydrogens (tertiary/aromatic N) is 3. The Balaban J connectivity index is 1.53. The lowest BCUT2D eigenvalue weighted by atomic mass is 9.89. The number of rotatable bonds is 2. The van der Waals surface area contributed by atoms with E-state index >= 15 is 0 Å². The van der Waals surface area contributed by atoms with Crippen LogP contribution >= 0.6 is 0 Å². The van der Waals surface area contributed by atoms with Gasteiger partial charge in [-0.15, -0.1) is 0 Å². The smallest absolute Gasteiger partial charge is 0.383 e. The first kappa shape index (κ1) is 23.7. The molecule has 0 radical (unpaired) electrons. The molecular weight excluding hydrogens is 468 g/mol. The van der Waals surface area contributed by atoms with Gasteiger partial charge in [-0.1, -0.05) is 12.2 Å². The molecule has 2 aliphatic heterocycles. The van der Waals surface area contributed by atoms with Crippen molar-refractivity contribution in [2.24, 2.45) is 0 Å². The topological polar surface area (TPSA) is 90.6 Å². The Kier molecular flexibility index (Phi) is 5.79. The Morgan fingerprint density at radius 1 is 1.23 bits per heavy atom. The predicted molar refractivity (Wildman–Crippen MR) is 119 cm³/mol. The number of alkyl halides is 4. The molecule has 2 N–H and O–H groups in total. The van der Waals surface area contributed by atoms with Crippen molar-refractivity contribution in [2.45, 2.75) is 57.4 Å². The summed E-state index contributed by atoms with van der Waals surface area (Å²) in [6.45, 7) is 4.12. The van der Waals surface area contributed by atoms with E-state index < -0.39 is 42.3 Å². The number of aromatic nitrogens is 2. The molecule has 0 saturated carbocycles. The molecule has 2 aromatic rings. The highest BCUT2D eigenvalue weighted by molar-refractivity contribution is 5.97. The minimum atomic E-state index is -4.61. The van der Waals surface area contributed by atoms with Crippen LogP contribution in [0.4, 0.5) is 23.4 Å². The summed E-state index contributed by atoms with van der Waals surface area (Å²) >= 11 is 0. The van der Waals surface area contributed by atoms with Crippen LogP contribution in [0, 0.1) is 0 Å². The van der Waals surface area contributed by atoms with Crippen LogP contribution in [0.1, 0.15) is 48.0 Å². The molecule has 1 saturated heterocycles. The molecule has 11 heteroatoms. The fraction of sp³-hybridized carbons (Fsp3) is 0.458. The quantitative estimate of drug-likeness (QED) is 0.633. The molecule has 186 valence electrons. The Bertz CT molecular complexity index is 1260. The van der Waals surface area contributed by atoms with Crippen molar-refractivity contribution in [3.8, 4) is 0 Å². The van der Waals surface area contributed by atoms with Crippen LogP contribution in [-0.2, 0) is 16.1 Å². The van der Waals surface area contributed by atoms with Gasteiger partial charge in [0.05, 0.1) is 49.7 Å². The van der Waals surface area contributed by atoms with Gasteiger partial charge in [-0.25, -0.2) is 14.4 Å². The molecule has 0 bridgehead atoms. The second-order valence-corrected chi connectivity index (χ2v) is 9.07. The van der Waals surface area contributed by atoms with Crippen molar-refractivity contribution in [3.05, 3.63) is 52.4 Å². The number of halogens is 4. The van der Waals surface area contributed by atoms with E-state index in [0.29, 0.717) is 23.3 Å². The fourth-order valence-electron chi connectivity index (χ4n) is 5.05. The number of nitrogens with two attached hydrogens (primary N) is 1. The van der Waals surface area contributed by atoms with Crippen molar-refractivity contribution >= 4 is 22.6 Å². The van der Waals surface area contributed by atoms with E-state index in [4.69, 9.17) is 15.2 Å². The summed E-state index contributed by atoms with van der Waals surface area (Å²) in [6, 6.07) is 0.315. The largest absolute Gasteiger partial charge is 0.412 e. The van der Waals surface area contributed by atoms with Crippen molar-refractivity contribution in [1.82, 2.24) is 14.9 Å². The zero-order valence-electron chi connectivity index (χ0n) is 19.1. The zero-order valence-corrected chi connectivity index (χ0v) is 19.1. The number of allylic oxidation sites excluding steroid dienone is 3. The third-order valence-corrected chi connectivity index (χ3v) is 6.82. The highest BCUT2D eigenvalue weighted by atomic mass is 19.4.